The molecule has 0 aliphatic carbocycles. The second-order valence-electron chi connectivity index (χ2n) is 4.32. The fourth-order valence-corrected chi connectivity index (χ4v) is 1.51. The molecule has 114 valence electrons. The molecule has 0 aliphatic rings. The van der Waals surface area contributed by atoms with Crippen LogP contribution in [0.2, 0.25) is 0 Å². The first-order valence-corrected chi connectivity index (χ1v) is 6.41. The summed E-state index contributed by atoms with van der Waals surface area (Å²) in [7, 11) is 0. The minimum Gasteiger partial charge on any atom is -0.546 e. The molecule has 0 unspecified atom stereocenters. The summed E-state index contributed by atoms with van der Waals surface area (Å²) < 4.78 is 10.0. The lowest BCUT2D eigenvalue weighted by molar-refractivity contribution is -0.312. The number of benzene rings is 1. The molecule has 1 heterocycles. The molecule has 0 fully saturated rings. The number of nitrogens with one attached hydrogen (secondary N) is 1. The number of carboxylic acid groups (broad SMARTS) is 1. The van der Waals surface area contributed by atoms with Gasteiger partial charge in [-0.2, -0.15) is 5.10 Å². The Hall–Kier alpha value is -3.09. The molecule has 1 aromatic carbocycles. The molecule has 7 nitrogen and oxygen atoms in total. The highest BCUT2D eigenvalue weighted by Crippen LogP contribution is 2.12. The summed E-state index contributed by atoms with van der Waals surface area (Å²) in [5.74, 6) is -1.18. The molecule has 0 radical (unpaired) electrons. The van der Waals surface area contributed by atoms with Crippen LogP contribution in [0, 0.1) is 0 Å². The normalized spacial score (nSPS) is 12.0. The highest BCUT2D eigenvalue weighted by molar-refractivity contribution is 5.92. The van der Waals surface area contributed by atoms with Gasteiger partial charge in [0.25, 0.3) is 0 Å². The van der Waals surface area contributed by atoms with Crippen LogP contribution in [0.3, 0.4) is 0 Å². The molecule has 22 heavy (non-hydrogen) atoms. The zero-order valence-corrected chi connectivity index (χ0v) is 11.7. The van der Waals surface area contributed by atoms with Gasteiger partial charge in [0.1, 0.15) is 11.9 Å². The predicted molar refractivity (Wildman–Crippen MR) is 75.3 cm³/mol. The second kappa shape index (κ2) is 7.07. The lowest BCUT2D eigenvalue weighted by Crippen LogP contribution is -2.37. The first-order chi connectivity index (χ1) is 10.6. The Labute approximate surface area is 126 Å². The Morgan fingerprint density at radius 2 is 2.05 bits per heavy atom. The van der Waals surface area contributed by atoms with E-state index in [4.69, 9.17) is 9.15 Å². The van der Waals surface area contributed by atoms with Crippen LogP contribution in [-0.2, 0) is 4.79 Å². The van der Waals surface area contributed by atoms with Crippen molar-refractivity contribution in [1.29, 1.82) is 0 Å². The van der Waals surface area contributed by atoms with Gasteiger partial charge in [0.2, 0.25) is 0 Å². The molecule has 2 aromatic rings. The number of hydrazone groups is 1. The quantitative estimate of drug-likeness (QED) is 0.620. The van der Waals surface area contributed by atoms with Gasteiger partial charge in [-0.25, -0.2) is 5.43 Å². The number of amides is 1. The van der Waals surface area contributed by atoms with E-state index >= 15 is 0 Å². The highest BCUT2D eigenvalue weighted by atomic mass is 16.5. The lowest BCUT2D eigenvalue weighted by Gasteiger charge is -2.15. The number of hydrogen-bond donors (Lipinski definition) is 1. The van der Waals surface area contributed by atoms with Crippen LogP contribution in [0.15, 0.2) is 52.2 Å². The molecule has 0 saturated carbocycles. The largest absolute Gasteiger partial charge is 0.546 e. The summed E-state index contributed by atoms with van der Waals surface area (Å²) in [6.07, 6.45) is 1.80. The first-order valence-electron chi connectivity index (χ1n) is 6.41. The highest BCUT2D eigenvalue weighted by Gasteiger charge is 2.06. The summed E-state index contributed by atoms with van der Waals surface area (Å²) in [6, 6.07) is 9.64. The topological polar surface area (TPSA) is 104 Å². The van der Waals surface area contributed by atoms with Crippen molar-refractivity contribution < 1.29 is 23.8 Å². The molecule has 2 rings (SSSR count). The third-order valence-electron chi connectivity index (χ3n) is 2.65. The minimum atomic E-state index is -1.29. The van der Waals surface area contributed by atoms with Crippen molar-refractivity contribution in [2.45, 2.75) is 13.0 Å². The molecule has 1 N–H and O–H groups in total. The van der Waals surface area contributed by atoms with Crippen LogP contribution in [-0.4, -0.2) is 24.2 Å². The molecule has 1 atom stereocenters. The summed E-state index contributed by atoms with van der Waals surface area (Å²) in [4.78, 5) is 22.1. The van der Waals surface area contributed by atoms with Gasteiger partial charge < -0.3 is 19.1 Å². The van der Waals surface area contributed by atoms with E-state index < -0.39 is 18.0 Å². The van der Waals surface area contributed by atoms with Crippen LogP contribution in [0.4, 0.5) is 0 Å². The van der Waals surface area contributed by atoms with Crippen LogP contribution >= 0.6 is 0 Å². The van der Waals surface area contributed by atoms with Crippen molar-refractivity contribution in [1.82, 2.24) is 5.43 Å². The van der Waals surface area contributed by atoms with E-state index in [0.29, 0.717) is 11.3 Å². The molecule has 1 amide bonds. The maximum atomic E-state index is 11.5. The molecule has 0 bridgehead atoms. The van der Waals surface area contributed by atoms with Gasteiger partial charge in [-0.15, -0.1) is 0 Å². The number of hydrogen-bond acceptors (Lipinski definition) is 6. The maximum Gasteiger partial charge on any atom is 0.307 e. The van der Waals surface area contributed by atoms with Gasteiger partial charge in [0, 0.05) is 0 Å². The SMILES string of the molecule is C[C@H](Oc1ccc(/C=N/NC(=O)c2ccco2)cc1)C(=O)[O-]. The van der Waals surface area contributed by atoms with Crippen LogP contribution < -0.4 is 15.3 Å². The van der Waals surface area contributed by atoms with Crippen molar-refractivity contribution in [3.63, 3.8) is 0 Å². The molecule has 0 aliphatic heterocycles. The first kappa shape index (κ1) is 15.3. The molecule has 7 heteroatoms. The molecule has 0 saturated heterocycles. The monoisotopic (exact) mass is 301 g/mol. The van der Waals surface area contributed by atoms with Crippen LogP contribution in [0.25, 0.3) is 0 Å². The fraction of sp³-hybridized carbons (Fsp3) is 0.133. The Balaban J connectivity index is 1.89. The van der Waals surface area contributed by atoms with Crippen molar-refractivity contribution in [3.8, 4) is 5.75 Å². The van der Waals surface area contributed by atoms with Crippen molar-refractivity contribution >= 4 is 18.1 Å². The van der Waals surface area contributed by atoms with Crippen LogP contribution in [0.1, 0.15) is 23.0 Å². The van der Waals surface area contributed by atoms with Crippen molar-refractivity contribution in [3.05, 3.63) is 54.0 Å². The number of aliphatic carboxylic acids is 1. The summed E-state index contributed by atoms with van der Waals surface area (Å²) in [6.45, 7) is 1.38. The van der Waals surface area contributed by atoms with Crippen LogP contribution in [0.5, 0.6) is 5.75 Å². The number of carboxylic acids is 1. The standard InChI is InChI=1S/C15H14N2O5/c1-10(15(19)20)22-12-6-4-11(5-7-12)9-16-17-14(18)13-3-2-8-21-13/h2-10H,1H3,(H,17,18)(H,19,20)/p-1/b16-9+/t10-/m0/s1. The zero-order chi connectivity index (χ0) is 15.9. The van der Waals surface area contributed by atoms with Gasteiger partial charge in [-0.3, -0.25) is 4.79 Å². The van der Waals surface area contributed by atoms with E-state index in [0.717, 1.165) is 0 Å². The summed E-state index contributed by atoms with van der Waals surface area (Å²) >= 11 is 0. The van der Waals surface area contributed by atoms with Gasteiger partial charge in [-0.1, -0.05) is 0 Å². The van der Waals surface area contributed by atoms with E-state index in [1.54, 1.807) is 30.3 Å². The number of nitrogens with zero attached hydrogens (tertiary/aromatic N) is 1. The molecule has 0 spiro atoms. The number of furan rings is 1. The zero-order valence-electron chi connectivity index (χ0n) is 11.7. The summed E-state index contributed by atoms with van der Waals surface area (Å²) in [5, 5.41) is 14.4. The van der Waals surface area contributed by atoms with Crippen molar-refractivity contribution in [2.24, 2.45) is 5.10 Å². The fourth-order valence-electron chi connectivity index (χ4n) is 1.51. The van der Waals surface area contributed by atoms with E-state index in [-0.39, 0.29) is 5.76 Å². The smallest absolute Gasteiger partial charge is 0.307 e. The molecular formula is C15H13N2O5-. The Bertz CT molecular complexity index is 662. The van der Waals surface area contributed by atoms with E-state index in [1.165, 1.54) is 25.5 Å². The minimum absolute atomic E-state index is 0.164. The van der Waals surface area contributed by atoms with E-state index in [1.807, 2.05) is 0 Å². The predicted octanol–water partition coefficient (Wildman–Crippen LogP) is 0.561. The third kappa shape index (κ3) is 4.20. The number of carbonyl (C=O) groups is 2. The Kier molecular flexibility index (Phi) is 4.92. The van der Waals surface area contributed by atoms with Gasteiger partial charge in [0.05, 0.1) is 18.4 Å². The average Bonchev–Trinajstić information content (AvgIpc) is 3.03. The number of carbonyl (C=O) groups excluding carboxylic acids is 2. The molecule has 1 aromatic heterocycles. The lowest BCUT2D eigenvalue weighted by atomic mass is 10.2. The molecular weight excluding hydrogens is 288 g/mol. The Morgan fingerprint density at radius 3 is 2.64 bits per heavy atom. The second-order valence-corrected chi connectivity index (χ2v) is 4.32. The van der Waals surface area contributed by atoms with Crippen molar-refractivity contribution in [2.75, 3.05) is 0 Å². The third-order valence-corrected chi connectivity index (χ3v) is 2.65. The van der Waals surface area contributed by atoms with E-state index in [9.17, 15) is 14.7 Å². The van der Waals surface area contributed by atoms with Gasteiger partial charge in [-0.05, 0) is 48.9 Å². The maximum absolute atomic E-state index is 11.5. The summed E-state index contributed by atoms with van der Waals surface area (Å²) in [5.41, 5.74) is 3.02. The Morgan fingerprint density at radius 1 is 1.32 bits per heavy atom. The number of ether oxygens (including phenoxy) is 1. The van der Waals surface area contributed by atoms with E-state index in [2.05, 4.69) is 10.5 Å². The number of rotatable bonds is 6. The average molecular weight is 301 g/mol. The van der Waals surface area contributed by atoms with Gasteiger partial charge in [0.15, 0.2) is 5.76 Å². The van der Waals surface area contributed by atoms with Gasteiger partial charge >= 0.3 is 5.91 Å².